The minimum absolute atomic E-state index is 0.225. The fourth-order valence-electron chi connectivity index (χ4n) is 2.58. The molecule has 20 heavy (non-hydrogen) atoms. The van der Waals surface area contributed by atoms with Crippen molar-refractivity contribution in [3.8, 4) is 0 Å². The minimum atomic E-state index is 0.225. The summed E-state index contributed by atoms with van der Waals surface area (Å²) in [7, 11) is 1.97. The van der Waals surface area contributed by atoms with Gasteiger partial charge in [0.05, 0.1) is 12.2 Å². The number of aryl methyl sites for hydroxylation is 4. The Balaban J connectivity index is 2.43. The van der Waals surface area contributed by atoms with Gasteiger partial charge in [-0.1, -0.05) is 19.1 Å². The molecule has 0 radical (unpaired) electrons. The highest BCUT2D eigenvalue weighted by molar-refractivity contribution is 5.41. The number of aromatic nitrogens is 2. The lowest BCUT2D eigenvalue weighted by Gasteiger charge is -2.21. The van der Waals surface area contributed by atoms with Crippen molar-refractivity contribution in [2.75, 3.05) is 6.54 Å². The summed E-state index contributed by atoms with van der Waals surface area (Å²) in [4.78, 5) is 0. The van der Waals surface area contributed by atoms with Crippen LogP contribution in [0.3, 0.4) is 0 Å². The van der Waals surface area contributed by atoms with Gasteiger partial charge in [-0.3, -0.25) is 4.68 Å². The molecule has 0 aliphatic rings. The Hall–Kier alpha value is -1.61. The molecule has 1 atom stereocenters. The molecule has 1 aromatic heterocycles. The monoisotopic (exact) mass is 271 g/mol. The summed E-state index contributed by atoms with van der Waals surface area (Å²) in [6, 6.07) is 4.81. The van der Waals surface area contributed by atoms with Gasteiger partial charge < -0.3 is 5.32 Å². The SMILES string of the molecule is CCCNC(c1cnn(C)c1)c1cc(C)c(C)cc1C. The van der Waals surface area contributed by atoms with E-state index in [-0.39, 0.29) is 6.04 Å². The molecule has 3 nitrogen and oxygen atoms in total. The van der Waals surface area contributed by atoms with Crippen molar-refractivity contribution in [1.82, 2.24) is 15.1 Å². The van der Waals surface area contributed by atoms with E-state index in [1.807, 2.05) is 17.9 Å². The Morgan fingerprint density at radius 2 is 1.85 bits per heavy atom. The van der Waals surface area contributed by atoms with E-state index in [0.29, 0.717) is 0 Å². The minimum Gasteiger partial charge on any atom is -0.306 e. The van der Waals surface area contributed by atoms with E-state index >= 15 is 0 Å². The molecule has 0 aliphatic heterocycles. The number of hydrogen-bond acceptors (Lipinski definition) is 2. The van der Waals surface area contributed by atoms with Crippen molar-refractivity contribution in [2.24, 2.45) is 7.05 Å². The van der Waals surface area contributed by atoms with Crippen LogP contribution in [0.25, 0.3) is 0 Å². The lowest BCUT2D eigenvalue weighted by Crippen LogP contribution is -2.23. The summed E-state index contributed by atoms with van der Waals surface area (Å²) in [5.74, 6) is 0. The lowest BCUT2D eigenvalue weighted by molar-refractivity contribution is 0.595. The van der Waals surface area contributed by atoms with Crippen LogP contribution in [0.2, 0.25) is 0 Å². The summed E-state index contributed by atoms with van der Waals surface area (Å²) in [5, 5.41) is 7.97. The van der Waals surface area contributed by atoms with Gasteiger partial charge in [-0.15, -0.1) is 0 Å². The van der Waals surface area contributed by atoms with Crippen molar-refractivity contribution < 1.29 is 0 Å². The van der Waals surface area contributed by atoms with Crippen molar-refractivity contribution in [2.45, 2.75) is 40.2 Å². The van der Waals surface area contributed by atoms with Gasteiger partial charge >= 0.3 is 0 Å². The summed E-state index contributed by atoms with van der Waals surface area (Å²) in [6.45, 7) is 9.74. The average molecular weight is 271 g/mol. The third kappa shape index (κ3) is 3.10. The van der Waals surface area contributed by atoms with Crippen LogP contribution >= 0.6 is 0 Å². The fraction of sp³-hybridized carbons (Fsp3) is 0.471. The topological polar surface area (TPSA) is 29.9 Å². The van der Waals surface area contributed by atoms with Gasteiger partial charge in [0.1, 0.15) is 0 Å². The highest BCUT2D eigenvalue weighted by Gasteiger charge is 2.17. The number of hydrogen-bond donors (Lipinski definition) is 1. The van der Waals surface area contributed by atoms with Crippen LogP contribution in [0.15, 0.2) is 24.5 Å². The second-order valence-corrected chi connectivity index (χ2v) is 5.63. The van der Waals surface area contributed by atoms with Crippen LogP contribution in [0.1, 0.15) is 47.2 Å². The van der Waals surface area contributed by atoms with Gasteiger partial charge in [0.25, 0.3) is 0 Å². The standard InChI is InChI=1S/C17H25N3/c1-6-7-18-17(15-10-19-20(5)11-15)16-9-13(3)12(2)8-14(16)4/h8-11,17-18H,6-7H2,1-5H3. The van der Waals surface area contributed by atoms with Crippen LogP contribution in [0, 0.1) is 20.8 Å². The molecule has 3 heteroatoms. The predicted octanol–water partition coefficient (Wildman–Crippen LogP) is 3.43. The third-order valence-corrected chi connectivity index (χ3v) is 3.85. The van der Waals surface area contributed by atoms with E-state index in [1.54, 1.807) is 0 Å². The molecular weight excluding hydrogens is 246 g/mol. The largest absolute Gasteiger partial charge is 0.306 e. The second-order valence-electron chi connectivity index (χ2n) is 5.63. The van der Waals surface area contributed by atoms with Crippen LogP contribution in [-0.4, -0.2) is 16.3 Å². The quantitative estimate of drug-likeness (QED) is 0.903. The molecular formula is C17H25N3. The van der Waals surface area contributed by atoms with Gasteiger partial charge in [-0.25, -0.2) is 0 Å². The Labute approximate surface area is 122 Å². The van der Waals surface area contributed by atoms with Crippen LogP contribution in [-0.2, 0) is 7.05 Å². The molecule has 0 fully saturated rings. The molecule has 108 valence electrons. The zero-order chi connectivity index (χ0) is 14.7. The highest BCUT2D eigenvalue weighted by atomic mass is 15.2. The Bertz CT molecular complexity index is 584. The highest BCUT2D eigenvalue weighted by Crippen LogP contribution is 2.27. The van der Waals surface area contributed by atoms with Crippen molar-refractivity contribution in [3.63, 3.8) is 0 Å². The summed E-state index contributed by atoms with van der Waals surface area (Å²) < 4.78 is 1.87. The third-order valence-electron chi connectivity index (χ3n) is 3.85. The number of benzene rings is 1. The van der Waals surface area contributed by atoms with Gasteiger partial charge in [-0.05, 0) is 56.0 Å². The first-order valence-electron chi connectivity index (χ1n) is 7.32. The maximum Gasteiger partial charge on any atom is 0.0610 e. The average Bonchev–Trinajstić information content (AvgIpc) is 2.82. The molecule has 1 heterocycles. The Morgan fingerprint density at radius 1 is 1.15 bits per heavy atom. The predicted molar refractivity (Wildman–Crippen MR) is 84.0 cm³/mol. The first-order valence-corrected chi connectivity index (χ1v) is 7.32. The molecule has 1 aromatic carbocycles. The normalized spacial score (nSPS) is 12.7. The van der Waals surface area contributed by atoms with Crippen molar-refractivity contribution in [3.05, 3.63) is 52.3 Å². The molecule has 0 bridgehead atoms. The molecule has 0 saturated heterocycles. The van der Waals surface area contributed by atoms with E-state index in [4.69, 9.17) is 0 Å². The Kier molecular flexibility index (Phi) is 4.61. The van der Waals surface area contributed by atoms with Crippen LogP contribution in [0.4, 0.5) is 0 Å². The van der Waals surface area contributed by atoms with Crippen LogP contribution in [0.5, 0.6) is 0 Å². The molecule has 1 unspecified atom stereocenters. The zero-order valence-corrected chi connectivity index (χ0v) is 13.2. The van der Waals surface area contributed by atoms with Gasteiger partial charge in [0.2, 0.25) is 0 Å². The number of nitrogens with one attached hydrogen (secondary N) is 1. The van der Waals surface area contributed by atoms with E-state index in [1.165, 1.54) is 27.8 Å². The van der Waals surface area contributed by atoms with E-state index < -0.39 is 0 Å². The first kappa shape index (κ1) is 14.8. The maximum atomic E-state index is 4.32. The lowest BCUT2D eigenvalue weighted by atomic mass is 9.93. The van der Waals surface area contributed by atoms with E-state index in [9.17, 15) is 0 Å². The molecule has 0 spiro atoms. The smallest absolute Gasteiger partial charge is 0.0610 e. The van der Waals surface area contributed by atoms with Crippen molar-refractivity contribution in [1.29, 1.82) is 0 Å². The van der Waals surface area contributed by atoms with E-state index in [0.717, 1.165) is 13.0 Å². The molecule has 0 saturated carbocycles. The number of rotatable bonds is 5. The number of nitrogens with zero attached hydrogens (tertiary/aromatic N) is 2. The van der Waals surface area contributed by atoms with Gasteiger partial charge in [0.15, 0.2) is 0 Å². The molecule has 2 aromatic rings. The summed E-state index contributed by atoms with van der Waals surface area (Å²) in [5.41, 5.74) is 6.62. The molecule has 0 amide bonds. The fourth-order valence-corrected chi connectivity index (χ4v) is 2.58. The summed E-state index contributed by atoms with van der Waals surface area (Å²) >= 11 is 0. The molecule has 1 N–H and O–H groups in total. The zero-order valence-electron chi connectivity index (χ0n) is 13.2. The van der Waals surface area contributed by atoms with Gasteiger partial charge in [0, 0.05) is 18.8 Å². The van der Waals surface area contributed by atoms with Gasteiger partial charge in [-0.2, -0.15) is 5.10 Å². The molecule has 2 rings (SSSR count). The maximum absolute atomic E-state index is 4.32. The van der Waals surface area contributed by atoms with Crippen LogP contribution < -0.4 is 5.32 Å². The summed E-state index contributed by atoms with van der Waals surface area (Å²) in [6.07, 6.45) is 5.19. The second kappa shape index (κ2) is 6.23. The Morgan fingerprint density at radius 3 is 2.45 bits per heavy atom. The van der Waals surface area contributed by atoms with Crippen molar-refractivity contribution >= 4 is 0 Å². The molecule has 0 aliphatic carbocycles. The van der Waals surface area contributed by atoms with E-state index in [2.05, 4.69) is 56.4 Å². The first-order chi connectivity index (χ1) is 9.52.